The SMILES string of the molecule is CCCCCCCCCCCCCCCCCCCCCCCCCCCCC(=O)NC(COC1OC(CO)C(O)C(O)C1O)C(O)CCCCCC. The summed E-state index contributed by atoms with van der Waals surface area (Å²) in [5.41, 5.74) is 0. The van der Waals surface area contributed by atoms with E-state index >= 15 is 0 Å². The number of amides is 1. The van der Waals surface area contributed by atoms with Gasteiger partial charge in [-0.15, -0.1) is 0 Å². The molecule has 9 heteroatoms. The summed E-state index contributed by atoms with van der Waals surface area (Å²) in [5, 5.41) is 53.7. The van der Waals surface area contributed by atoms with Gasteiger partial charge in [0.25, 0.3) is 0 Å². The molecule has 7 atom stereocenters. The van der Waals surface area contributed by atoms with Gasteiger partial charge < -0.3 is 40.3 Å². The molecule has 1 amide bonds. The molecule has 0 aliphatic carbocycles. The first-order valence-electron chi connectivity index (χ1n) is 22.7. The summed E-state index contributed by atoms with van der Waals surface area (Å²) in [7, 11) is 0. The van der Waals surface area contributed by atoms with E-state index in [9.17, 15) is 30.3 Å². The number of carbonyl (C=O) groups is 1. The van der Waals surface area contributed by atoms with Crippen molar-refractivity contribution in [2.45, 2.75) is 262 Å². The maximum absolute atomic E-state index is 12.8. The van der Waals surface area contributed by atoms with Crippen LogP contribution >= 0.6 is 0 Å². The molecule has 0 aromatic carbocycles. The summed E-state index contributed by atoms with van der Waals surface area (Å²) in [5.74, 6) is -0.149. The molecule has 0 saturated carbocycles. The van der Waals surface area contributed by atoms with Crippen LogP contribution in [0.1, 0.15) is 219 Å². The van der Waals surface area contributed by atoms with Gasteiger partial charge in [0.05, 0.1) is 25.4 Å². The first-order valence-corrected chi connectivity index (χ1v) is 22.7. The molecule has 53 heavy (non-hydrogen) atoms. The van der Waals surface area contributed by atoms with E-state index in [1.54, 1.807) is 0 Å². The number of unbranched alkanes of at least 4 members (excludes halogenated alkanes) is 28. The van der Waals surface area contributed by atoms with Gasteiger partial charge in [-0.1, -0.05) is 200 Å². The Labute approximate surface area is 325 Å². The molecule has 1 aliphatic rings. The molecule has 1 heterocycles. The zero-order chi connectivity index (χ0) is 38.8. The molecule has 0 bridgehead atoms. The minimum atomic E-state index is -1.55. The van der Waals surface area contributed by atoms with E-state index in [1.165, 1.54) is 148 Å². The number of hydrogen-bond donors (Lipinski definition) is 6. The molecule has 316 valence electrons. The van der Waals surface area contributed by atoms with Crippen molar-refractivity contribution < 1.29 is 39.8 Å². The smallest absolute Gasteiger partial charge is 0.220 e. The number of rotatable bonds is 38. The van der Waals surface area contributed by atoms with Crippen molar-refractivity contribution in [3.63, 3.8) is 0 Å². The number of aliphatic hydroxyl groups excluding tert-OH is 5. The van der Waals surface area contributed by atoms with Gasteiger partial charge in [-0.3, -0.25) is 4.79 Å². The minimum Gasteiger partial charge on any atom is -0.394 e. The van der Waals surface area contributed by atoms with E-state index in [2.05, 4.69) is 19.2 Å². The fraction of sp³-hybridized carbons (Fsp3) is 0.977. The first-order chi connectivity index (χ1) is 25.8. The zero-order valence-electron chi connectivity index (χ0n) is 34.5. The van der Waals surface area contributed by atoms with Gasteiger partial charge in [0, 0.05) is 6.42 Å². The maximum atomic E-state index is 12.8. The highest BCUT2D eigenvalue weighted by Gasteiger charge is 2.44. The molecule has 0 spiro atoms. The third kappa shape index (κ3) is 26.6. The molecule has 6 N–H and O–H groups in total. The van der Waals surface area contributed by atoms with Crippen LogP contribution in [0.2, 0.25) is 0 Å². The van der Waals surface area contributed by atoms with Crippen molar-refractivity contribution in [3.05, 3.63) is 0 Å². The average molecular weight is 758 g/mol. The number of aliphatic hydroxyl groups is 5. The van der Waals surface area contributed by atoms with Gasteiger partial charge >= 0.3 is 0 Å². The van der Waals surface area contributed by atoms with Crippen LogP contribution in [-0.2, 0) is 14.3 Å². The molecule has 1 fully saturated rings. The second kappa shape index (κ2) is 35.6. The molecule has 1 aliphatic heterocycles. The fourth-order valence-electron chi connectivity index (χ4n) is 7.51. The van der Waals surface area contributed by atoms with Gasteiger partial charge in [-0.2, -0.15) is 0 Å². The highest BCUT2D eigenvalue weighted by Crippen LogP contribution is 2.23. The van der Waals surface area contributed by atoms with Crippen molar-refractivity contribution in [2.75, 3.05) is 13.2 Å². The lowest BCUT2D eigenvalue weighted by atomic mass is 9.99. The van der Waals surface area contributed by atoms with Gasteiger partial charge in [-0.05, 0) is 12.8 Å². The highest BCUT2D eigenvalue weighted by molar-refractivity contribution is 5.76. The van der Waals surface area contributed by atoms with E-state index in [0.717, 1.165) is 44.9 Å². The van der Waals surface area contributed by atoms with E-state index in [0.29, 0.717) is 12.8 Å². The van der Waals surface area contributed by atoms with Crippen LogP contribution < -0.4 is 5.32 Å². The third-order valence-electron chi connectivity index (χ3n) is 11.2. The second-order valence-electron chi connectivity index (χ2n) is 16.2. The molecule has 1 saturated heterocycles. The van der Waals surface area contributed by atoms with E-state index in [1.807, 2.05) is 0 Å². The predicted octanol–water partition coefficient (Wildman–Crippen LogP) is 9.17. The van der Waals surface area contributed by atoms with E-state index < -0.39 is 49.5 Å². The Kier molecular flexibility index (Phi) is 33.7. The molecule has 7 unspecified atom stereocenters. The fourth-order valence-corrected chi connectivity index (χ4v) is 7.51. The lowest BCUT2D eigenvalue weighted by Crippen LogP contribution is -2.60. The summed E-state index contributed by atoms with van der Waals surface area (Å²) in [6.45, 7) is 3.72. The van der Waals surface area contributed by atoms with Crippen LogP contribution in [0.5, 0.6) is 0 Å². The van der Waals surface area contributed by atoms with Gasteiger partial charge in [0.15, 0.2) is 6.29 Å². The Bertz CT molecular complexity index is 801. The number of hydrogen-bond acceptors (Lipinski definition) is 8. The maximum Gasteiger partial charge on any atom is 0.220 e. The molecular weight excluding hydrogens is 670 g/mol. The largest absolute Gasteiger partial charge is 0.394 e. The third-order valence-corrected chi connectivity index (χ3v) is 11.2. The molecular formula is C44H87NO8. The topological polar surface area (TPSA) is 149 Å². The first kappa shape index (κ1) is 50.2. The summed E-state index contributed by atoms with van der Waals surface area (Å²) in [6, 6.07) is -0.708. The number of ether oxygens (including phenoxy) is 2. The summed E-state index contributed by atoms with van der Waals surface area (Å²) in [6.07, 6.45) is 32.0. The monoisotopic (exact) mass is 758 g/mol. The Morgan fingerprint density at radius 3 is 1.34 bits per heavy atom. The number of carbonyl (C=O) groups excluding carboxylic acids is 1. The van der Waals surface area contributed by atoms with Crippen LogP contribution in [0, 0.1) is 0 Å². The van der Waals surface area contributed by atoms with Crippen LogP contribution in [0.4, 0.5) is 0 Å². The lowest BCUT2D eigenvalue weighted by molar-refractivity contribution is -0.302. The van der Waals surface area contributed by atoms with Crippen molar-refractivity contribution in [1.29, 1.82) is 0 Å². The van der Waals surface area contributed by atoms with Crippen molar-refractivity contribution in [2.24, 2.45) is 0 Å². The van der Waals surface area contributed by atoms with Gasteiger partial charge in [0.2, 0.25) is 5.91 Å². The lowest BCUT2D eigenvalue weighted by Gasteiger charge is -2.40. The average Bonchev–Trinajstić information content (AvgIpc) is 3.16. The van der Waals surface area contributed by atoms with Crippen molar-refractivity contribution >= 4 is 5.91 Å². The molecule has 9 nitrogen and oxygen atoms in total. The molecule has 1 rings (SSSR count). The summed E-state index contributed by atoms with van der Waals surface area (Å²) < 4.78 is 11.1. The number of nitrogens with one attached hydrogen (secondary N) is 1. The van der Waals surface area contributed by atoms with Gasteiger partial charge in [0.1, 0.15) is 24.4 Å². The Morgan fingerprint density at radius 2 is 0.943 bits per heavy atom. The molecule has 0 aromatic heterocycles. The van der Waals surface area contributed by atoms with Crippen LogP contribution in [0.25, 0.3) is 0 Å². The van der Waals surface area contributed by atoms with Crippen molar-refractivity contribution in [1.82, 2.24) is 5.32 Å². The van der Waals surface area contributed by atoms with Gasteiger partial charge in [-0.25, -0.2) is 0 Å². The quantitative estimate of drug-likeness (QED) is 0.0342. The standard InChI is InChI=1S/C44H87NO8/c1-3-5-7-9-10-11-12-13-14-15-16-17-18-19-20-21-22-23-24-25-26-27-28-29-30-32-34-40(48)45-37(38(47)33-31-8-6-4-2)36-52-44-43(51)42(50)41(49)39(35-46)53-44/h37-39,41-44,46-47,49-51H,3-36H2,1-2H3,(H,45,48). The minimum absolute atomic E-state index is 0.136. The molecule has 0 aromatic rings. The Balaban J connectivity index is 2.05. The van der Waals surface area contributed by atoms with E-state index in [-0.39, 0.29) is 12.5 Å². The van der Waals surface area contributed by atoms with Crippen LogP contribution in [0.15, 0.2) is 0 Å². The summed E-state index contributed by atoms with van der Waals surface area (Å²) in [4.78, 5) is 12.8. The normalized spacial score (nSPS) is 21.5. The Morgan fingerprint density at radius 1 is 0.566 bits per heavy atom. The van der Waals surface area contributed by atoms with Crippen molar-refractivity contribution in [3.8, 4) is 0 Å². The highest BCUT2D eigenvalue weighted by atomic mass is 16.7. The van der Waals surface area contributed by atoms with E-state index in [4.69, 9.17) is 9.47 Å². The van der Waals surface area contributed by atoms with Crippen LogP contribution in [0.3, 0.4) is 0 Å². The Hall–Kier alpha value is -0.810. The summed E-state index contributed by atoms with van der Waals surface area (Å²) >= 11 is 0. The van der Waals surface area contributed by atoms with Crippen LogP contribution in [-0.4, -0.2) is 87.5 Å². The molecule has 0 radical (unpaired) electrons. The second-order valence-corrected chi connectivity index (χ2v) is 16.2. The zero-order valence-corrected chi connectivity index (χ0v) is 34.5. The predicted molar refractivity (Wildman–Crippen MR) is 217 cm³/mol.